The van der Waals surface area contributed by atoms with Crippen LogP contribution in [0.2, 0.25) is 0 Å². The van der Waals surface area contributed by atoms with Gasteiger partial charge in [0.25, 0.3) is 5.91 Å². The summed E-state index contributed by atoms with van der Waals surface area (Å²) in [6.45, 7) is 2.61. The number of amides is 1. The number of hydrogen-bond donors (Lipinski definition) is 0. The molecule has 4 heterocycles. The Labute approximate surface area is 151 Å². The van der Waals surface area contributed by atoms with Gasteiger partial charge in [0.2, 0.25) is 0 Å². The van der Waals surface area contributed by atoms with Crippen molar-refractivity contribution in [2.24, 2.45) is 7.05 Å². The third-order valence-electron chi connectivity index (χ3n) is 4.76. The molecule has 0 aliphatic carbocycles. The Morgan fingerprint density at radius 2 is 2.08 bits per heavy atom. The molecule has 0 radical (unpaired) electrons. The zero-order chi connectivity index (χ0) is 18.1. The Morgan fingerprint density at radius 3 is 2.81 bits per heavy atom. The van der Waals surface area contributed by atoms with Crippen LogP contribution in [-0.4, -0.2) is 37.3 Å². The molecule has 1 saturated heterocycles. The summed E-state index contributed by atoms with van der Waals surface area (Å²) in [4.78, 5) is 19.0. The minimum atomic E-state index is -0.0778. The molecule has 1 aliphatic rings. The first-order valence-corrected chi connectivity index (χ1v) is 8.81. The predicted octanol–water partition coefficient (Wildman–Crippen LogP) is 3.15. The van der Waals surface area contributed by atoms with Crippen LogP contribution >= 0.6 is 0 Å². The van der Waals surface area contributed by atoms with E-state index in [2.05, 4.69) is 15.2 Å². The highest BCUT2D eigenvalue weighted by Gasteiger charge is 2.33. The van der Waals surface area contributed by atoms with E-state index in [4.69, 9.17) is 4.52 Å². The van der Waals surface area contributed by atoms with E-state index < -0.39 is 0 Å². The molecule has 4 rings (SSSR count). The summed E-state index contributed by atoms with van der Waals surface area (Å²) in [6.07, 6.45) is 8.17. The van der Waals surface area contributed by atoms with Crippen LogP contribution in [0.1, 0.15) is 47.1 Å². The summed E-state index contributed by atoms with van der Waals surface area (Å²) >= 11 is 0. The average Bonchev–Trinajstić information content (AvgIpc) is 3.27. The molecule has 1 amide bonds. The SMILES string of the molecule is Cc1cc(-c2cn(C)nc2[C@H]2CCCCN2C(=O)c2ccncc2)on1. The molecule has 7 nitrogen and oxygen atoms in total. The van der Waals surface area contributed by atoms with Gasteiger partial charge in [0, 0.05) is 43.8 Å². The first-order valence-electron chi connectivity index (χ1n) is 8.81. The Bertz CT molecular complexity index is 915. The summed E-state index contributed by atoms with van der Waals surface area (Å²) in [5, 5.41) is 8.66. The van der Waals surface area contributed by atoms with Gasteiger partial charge in [0.1, 0.15) is 0 Å². The predicted molar refractivity (Wildman–Crippen MR) is 95.3 cm³/mol. The van der Waals surface area contributed by atoms with Crippen molar-refractivity contribution in [2.45, 2.75) is 32.2 Å². The van der Waals surface area contributed by atoms with Crippen molar-refractivity contribution < 1.29 is 9.32 Å². The molecule has 3 aromatic heterocycles. The van der Waals surface area contributed by atoms with E-state index >= 15 is 0 Å². The van der Waals surface area contributed by atoms with Crippen molar-refractivity contribution in [3.8, 4) is 11.3 Å². The first kappa shape index (κ1) is 16.5. The maximum atomic E-state index is 13.1. The van der Waals surface area contributed by atoms with Gasteiger partial charge in [-0.2, -0.15) is 5.10 Å². The maximum absolute atomic E-state index is 13.1. The molecule has 0 bridgehead atoms. The van der Waals surface area contributed by atoms with Crippen molar-refractivity contribution in [1.29, 1.82) is 0 Å². The Hall–Kier alpha value is -2.96. The lowest BCUT2D eigenvalue weighted by Crippen LogP contribution is -2.39. The molecular formula is C19H21N5O2. The van der Waals surface area contributed by atoms with Crippen molar-refractivity contribution in [3.05, 3.63) is 53.7 Å². The lowest BCUT2D eigenvalue weighted by molar-refractivity contribution is 0.0605. The van der Waals surface area contributed by atoms with Crippen LogP contribution in [0.4, 0.5) is 0 Å². The number of carbonyl (C=O) groups is 1. The van der Waals surface area contributed by atoms with E-state index in [1.807, 2.05) is 31.1 Å². The van der Waals surface area contributed by atoms with E-state index in [0.717, 1.165) is 42.8 Å². The van der Waals surface area contributed by atoms with E-state index in [-0.39, 0.29) is 11.9 Å². The zero-order valence-corrected chi connectivity index (χ0v) is 14.9. The summed E-state index contributed by atoms with van der Waals surface area (Å²) in [6, 6.07) is 5.34. The van der Waals surface area contributed by atoms with E-state index in [1.54, 1.807) is 29.2 Å². The summed E-state index contributed by atoms with van der Waals surface area (Å²) in [7, 11) is 1.88. The lowest BCUT2D eigenvalue weighted by atomic mass is 9.95. The molecule has 7 heteroatoms. The number of rotatable bonds is 3. The molecule has 1 aliphatic heterocycles. The third-order valence-corrected chi connectivity index (χ3v) is 4.76. The van der Waals surface area contributed by atoms with Gasteiger partial charge in [-0.3, -0.25) is 14.5 Å². The second kappa shape index (κ2) is 6.74. The molecule has 3 aromatic rings. The minimum absolute atomic E-state index is 0.0162. The zero-order valence-electron chi connectivity index (χ0n) is 14.9. The smallest absolute Gasteiger partial charge is 0.254 e. The monoisotopic (exact) mass is 351 g/mol. The summed E-state index contributed by atoms with van der Waals surface area (Å²) < 4.78 is 7.23. The van der Waals surface area contributed by atoms with Crippen LogP contribution in [0.3, 0.4) is 0 Å². The lowest BCUT2D eigenvalue weighted by Gasteiger charge is -2.35. The van der Waals surface area contributed by atoms with Crippen molar-refractivity contribution in [2.75, 3.05) is 6.54 Å². The molecule has 0 aromatic carbocycles. The highest BCUT2D eigenvalue weighted by atomic mass is 16.5. The van der Waals surface area contributed by atoms with E-state index in [1.165, 1.54) is 0 Å². The number of pyridine rings is 1. The molecular weight excluding hydrogens is 330 g/mol. The molecule has 134 valence electrons. The van der Waals surface area contributed by atoms with Crippen molar-refractivity contribution >= 4 is 5.91 Å². The Morgan fingerprint density at radius 1 is 1.27 bits per heavy atom. The van der Waals surface area contributed by atoms with Crippen LogP contribution in [0.5, 0.6) is 0 Å². The van der Waals surface area contributed by atoms with E-state index in [0.29, 0.717) is 11.3 Å². The number of likely N-dealkylation sites (tertiary alicyclic amines) is 1. The van der Waals surface area contributed by atoms with Gasteiger partial charge in [-0.1, -0.05) is 5.16 Å². The number of piperidine rings is 1. The first-order chi connectivity index (χ1) is 12.6. The second-order valence-electron chi connectivity index (χ2n) is 6.68. The van der Waals surface area contributed by atoms with Crippen molar-refractivity contribution in [3.63, 3.8) is 0 Å². The van der Waals surface area contributed by atoms with Crippen LogP contribution < -0.4 is 0 Å². The number of aromatic nitrogens is 4. The van der Waals surface area contributed by atoms with E-state index in [9.17, 15) is 4.79 Å². The van der Waals surface area contributed by atoms with Crippen LogP contribution in [0.15, 0.2) is 41.3 Å². The fraction of sp³-hybridized carbons (Fsp3) is 0.368. The Kier molecular flexibility index (Phi) is 4.28. The van der Waals surface area contributed by atoms with Gasteiger partial charge < -0.3 is 9.42 Å². The van der Waals surface area contributed by atoms with Gasteiger partial charge in [0.05, 0.1) is 23.0 Å². The number of nitrogens with zero attached hydrogens (tertiary/aromatic N) is 5. The maximum Gasteiger partial charge on any atom is 0.254 e. The normalized spacial score (nSPS) is 17.5. The Balaban J connectivity index is 1.72. The van der Waals surface area contributed by atoms with Gasteiger partial charge in [-0.15, -0.1) is 0 Å². The highest BCUT2D eigenvalue weighted by Crippen LogP contribution is 2.37. The molecule has 0 saturated carbocycles. The molecule has 26 heavy (non-hydrogen) atoms. The third kappa shape index (κ3) is 3.00. The van der Waals surface area contributed by atoms with Gasteiger partial charge in [-0.05, 0) is 38.3 Å². The molecule has 0 unspecified atom stereocenters. The standard InChI is InChI=1S/C19H21N5O2/c1-13-11-17(26-22-13)15-12-23(2)21-18(15)16-5-3-4-10-24(16)19(25)14-6-8-20-9-7-14/h6-9,11-12,16H,3-5,10H2,1-2H3/t16-/m1/s1. The topological polar surface area (TPSA) is 77.0 Å². The summed E-state index contributed by atoms with van der Waals surface area (Å²) in [5.74, 6) is 0.704. The molecule has 1 atom stereocenters. The van der Waals surface area contributed by atoms with Gasteiger partial charge in [-0.25, -0.2) is 0 Å². The van der Waals surface area contributed by atoms with Crippen LogP contribution in [-0.2, 0) is 7.05 Å². The fourth-order valence-corrected chi connectivity index (χ4v) is 3.55. The molecule has 0 N–H and O–H groups in total. The number of carbonyl (C=O) groups excluding carboxylic acids is 1. The fourth-order valence-electron chi connectivity index (χ4n) is 3.55. The summed E-state index contributed by atoms with van der Waals surface area (Å²) in [5.41, 5.74) is 3.24. The van der Waals surface area contributed by atoms with Gasteiger partial charge in [0.15, 0.2) is 5.76 Å². The van der Waals surface area contributed by atoms with Crippen LogP contribution in [0, 0.1) is 6.92 Å². The van der Waals surface area contributed by atoms with Crippen molar-refractivity contribution in [1.82, 2.24) is 24.8 Å². The molecule has 0 spiro atoms. The second-order valence-corrected chi connectivity index (χ2v) is 6.68. The average molecular weight is 351 g/mol. The largest absolute Gasteiger partial charge is 0.356 e. The molecule has 1 fully saturated rings. The highest BCUT2D eigenvalue weighted by molar-refractivity contribution is 5.94. The number of aryl methyl sites for hydroxylation is 2. The quantitative estimate of drug-likeness (QED) is 0.724. The van der Waals surface area contributed by atoms with Crippen LogP contribution in [0.25, 0.3) is 11.3 Å². The van der Waals surface area contributed by atoms with Gasteiger partial charge >= 0.3 is 0 Å². The number of hydrogen-bond acceptors (Lipinski definition) is 5. The minimum Gasteiger partial charge on any atom is -0.356 e.